The van der Waals surface area contributed by atoms with E-state index in [9.17, 15) is 4.79 Å². The van der Waals surface area contributed by atoms with Gasteiger partial charge in [0.2, 0.25) is 11.8 Å². The van der Waals surface area contributed by atoms with Gasteiger partial charge < -0.3 is 9.32 Å². The average molecular weight is 313 g/mol. The summed E-state index contributed by atoms with van der Waals surface area (Å²) < 4.78 is 5.75. The first kappa shape index (κ1) is 15.7. The third-order valence-electron chi connectivity index (χ3n) is 4.38. The molecule has 23 heavy (non-hydrogen) atoms. The number of rotatable bonds is 3. The van der Waals surface area contributed by atoms with Gasteiger partial charge in [0.25, 0.3) is 5.91 Å². The van der Waals surface area contributed by atoms with Crippen molar-refractivity contribution in [1.82, 2.24) is 15.1 Å². The van der Waals surface area contributed by atoms with Crippen molar-refractivity contribution < 1.29 is 9.21 Å². The van der Waals surface area contributed by atoms with Gasteiger partial charge in [-0.1, -0.05) is 31.5 Å². The second-order valence-corrected chi connectivity index (χ2v) is 6.57. The van der Waals surface area contributed by atoms with Crippen LogP contribution in [0, 0.1) is 6.92 Å². The van der Waals surface area contributed by atoms with Gasteiger partial charge in [-0.25, -0.2) is 0 Å². The summed E-state index contributed by atoms with van der Waals surface area (Å²) in [6, 6.07) is 7.76. The number of aromatic nitrogens is 2. The van der Waals surface area contributed by atoms with E-state index in [2.05, 4.69) is 10.2 Å². The van der Waals surface area contributed by atoms with Crippen LogP contribution in [-0.4, -0.2) is 34.1 Å². The number of likely N-dealkylation sites (tertiary alicyclic amines) is 1. The van der Waals surface area contributed by atoms with E-state index in [4.69, 9.17) is 4.42 Å². The summed E-state index contributed by atoms with van der Waals surface area (Å²) in [5, 5.41) is 8.28. The number of amides is 1. The smallest absolute Gasteiger partial charge is 0.253 e. The summed E-state index contributed by atoms with van der Waals surface area (Å²) in [5.74, 6) is 2.03. The molecule has 5 heteroatoms. The van der Waals surface area contributed by atoms with Crippen LogP contribution in [0.5, 0.6) is 0 Å². The molecule has 0 bridgehead atoms. The molecule has 0 spiro atoms. The molecule has 0 unspecified atom stereocenters. The third-order valence-corrected chi connectivity index (χ3v) is 4.38. The maximum Gasteiger partial charge on any atom is 0.253 e. The summed E-state index contributed by atoms with van der Waals surface area (Å²) >= 11 is 0. The van der Waals surface area contributed by atoms with E-state index in [0.717, 1.165) is 42.9 Å². The van der Waals surface area contributed by atoms with Crippen LogP contribution in [0.2, 0.25) is 0 Å². The SMILES string of the molecule is Cc1ccc(C(=O)N2CCC(c3nnc(C(C)C)o3)CC2)cc1. The van der Waals surface area contributed by atoms with Crippen LogP contribution in [0.3, 0.4) is 0 Å². The highest BCUT2D eigenvalue weighted by molar-refractivity contribution is 5.94. The van der Waals surface area contributed by atoms with Gasteiger partial charge >= 0.3 is 0 Å². The highest BCUT2D eigenvalue weighted by atomic mass is 16.4. The van der Waals surface area contributed by atoms with Crippen LogP contribution in [0.4, 0.5) is 0 Å². The van der Waals surface area contributed by atoms with Crippen LogP contribution in [0.15, 0.2) is 28.7 Å². The minimum Gasteiger partial charge on any atom is -0.425 e. The highest BCUT2D eigenvalue weighted by Gasteiger charge is 2.28. The van der Waals surface area contributed by atoms with Gasteiger partial charge in [0.1, 0.15) is 0 Å². The molecule has 2 aromatic rings. The molecular formula is C18H23N3O2. The molecule has 122 valence electrons. The Kier molecular flexibility index (Phi) is 4.46. The number of benzene rings is 1. The quantitative estimate of drug-likeness (QED) is 0.870. The first-order valence-electron chi connectivity index (χ1n) is 8.24. The molecule has 5 nitrogen and oxygen atoms in total. The van der Waals surface area contributed by atoms with E-state index in [0.29, 0.717) is 5.89 Å². The predicted octanol–water partition coefficient (Wildman–Crippen LogP) is 3.52. The normalized spacial score (nSPS) is 16.1. The number of hydrogen-bond acceptors (Lipinski definition) is 4. The van der Waals surface area contributed by atoms with Crippen molar-refractivity contribution in [2.24, 2.45) is 0 Å². The van der Waals surface area contributed by atoms with Crippen molar-refractivity contribution in [2.45, 2.75) is 45.4 Å². The fourth-order valence-corrected chi connectivity index (χ4v) is 2.85. The lowest BCUT2D eigenvalue weighted by Gasteiger charge is -2.30. The molecule has 0 N–H and O–H groups in total. The Morgan fingerprint density at radius 1 is 1.17 bits per heavy atom. The number of nitrogens with zero attached hydrogens (tertiary/aromatic N) is 3. The van der Waals surface area contributed by atoms with Gasteiger partial charge in [-0.2, -0.15) is 0 Å². The Hall–Kier alpha value is -2.17. The van der Waals surface area contributed by atoms with Gasteiger partial charge in [-0.05, 0) is 31.9 Å². The summed E-state index contributed by atoms with van der Waals surface area (Å²) in [6.07, 6.45) is 1.74. The van der Waals surface area contributed by atoms with Crippen molar-refractivity contribution >= 4 is 5.91 Å². The van der Waals surface area contributed by atoms with E-state index < -0.39 is 0 Å². The van der Waals surface area contributed by atoms with Crippen LogP contribution >= 0.6 is 0 Å². The molecule has 1 aliphatic heterocycles. The fourth-order valence-electron chi connectivity index (χ4n) is 2.85. The summed E-state index contributed by atoms with van der Waals surface area (Å²) in [7, 11) is 0. The maximum atomic E-state index is 12.5. The van der Waals surface area contributed by atoms with Crippen LogP contribution in [-0.2, 0) is 0 Å². The van der Waals surface area contributed by atoms with Crippen molar-refractivity contribution in [1.29, 1.82) is 0 Å². The van der Waals surface area contributed by atoms with E-state index in [1.165, 1.54) is 0 Å². The van der Waals surface area contributed by atoms with Crippen LogP contribution < -0.4 is 0 Å². The van der Waals surface area contributed by atoms with Crippen molar-refractivity contribution in [3.8, 4) is 0 Å². The molecule has 0 aliphatic carbocycles. The summed E-state index contributed by atoms with van der Waals surface area (Å²) in [5.41, 5.74) is 1.92. The number of piperidine rings is 1. The maximum absolute atomic E-state index is 12.5. The Labute approximate surface area is 136 Å². The zero-order valence-corrected chi connectivity index (χ0v) is 14.0. The van der Waals surface area contributed by atoms with Crippen LogP contribution in [0.1, 0.15) is 66.2 Å². The van der Waals surface area contributed by atoms with Gasteiger partial charge in [0.15, 0.2) is 0 Å². The fraction of sp³-hybridized carbons (Fsp3) is 0.500. The second-order valence-electron chi connectivity index (χ2n) is 6.57. The zero-order chi connectivity index (χ0) is 16.4. The predicted molar refractivity (Wildman–Crippen MR) is 87.4 cm³/mol. The van der Waals surface area contributed by atoms with Gasteiger partial charge in [-0.15, -0.1) is 10.2 Å². The largest absolute Gasteiger partial charge is 0.425 e. The molecule has 2 heterocycles. The Morgan fingerprint density at radius 3 is 2.39 bits per heavy atom. The molecule has 0 radical (unpaired) electrons. The Morgan fingerprint density at radius 2 is 1.83 bits per heavy atom. The molecule has 0 saturated carbocycles. The first-order valence-corrected chi connectivity index (χ1v) is 8.24. The lowest BCUT2D eigenvalue weighted by molar-refractivity contribution is 0.0706. The first-order chi connectivity index (χ1) is 11.0. The van der Waals surface area contributed by atoms with Gasteiger partial charge in [0, 0.05) is 30.5 Å². The number of hydrogen-bond donors (Lipinski definition) is 0. The number of carbonyl (C=O) groups excluding carboxylic acids is 1. The van der Waals surface area contributed by atoms with Gasteiger partial charge in [-0.3, -0.25) is 4.79 Å². The second kappa shape index (κ2) is 6.52. The molecular weight excluding hydrogens is 290 g/mol. The Balaban J connectivity index is 1.61. The van der Waals surface area contributed by atoms with Crippen molar-refractivity contribution in [2.75, 3.05) is 13.1 Å². The monoisotopic (exact) mass is 313 g/mol. The number of carbonyl (C=O) groups is 1. The third kappa shape index (κ3) is 3.44. The van der Waals surface area contributed by atoms with Gasteiger partial charge in [0.05, 0.1) is 0 Å². The molecule has 1 aromatic carbocycles. The average Bonchev–Trinajstić information content (AvgIpc) is 3.05. The molecule has 1 saturated heterocycles. The van der Waals surface area contributed by atoms with E-state index in [-0.39, 0.29) is 17.7 Å². The van der Waals surface area contributed by atoms with E-state index in [1.54, 1.807) is 0 Å². The van der Waals surface area contributed by atoms with E-state index >= 15 is 0 Å². The van der Waals surface area contributed by atoms with Crippen molar-refractivity contribution in [3.63, 3.8) is 0 Å². The lowest BCUT2D eigenvalue weighted by Crippen LogP contribution is -2.38. The summed E-state index contributed by atoms with van der Waals surface area (Å²) in [6.45, 7) is 7.57. The molecule has 1 aromatic heterocycles. The topological polar surface area (TPSA) is 59.2 Å². The highest BCUT2D eigenvalue weighted by Crippen LogP contribution is 2.28. The van der Waals surface area contributed by atoms with Crippen molar-refractivity contribution in [3.05, 3.63) is 47.2 Å². The Bertz CT molecular complexity index is 668. The lowest BCUT2D eigenvalue weighted by atomic mass is 9.96. The number of aryl methyl sites for hydroxylation is 1. The zero-order valence-electron chi connectivity index (χ0n) is 14.0. The minimum atomic E-state index is 0.108. The molecule has 1 amide bonds. The van der Waals surface area contributed by atoms with E-state index in [1.807, 2.05) is 49.9 Å². The molecule has 1 fully saturated rings. The van der Waals surface area contributed by atoms with Crippen LogP contribution in [0.25, 0.3) is 0 Å². The molecule has 3 rings (SSSR count). The standard InChI is InChI=1S/C18H23N3O2/c1-12(2)16-19-20-17(23-16)14-8-10-21(11-9-14)18(22)15-6-4-13(3)5-7-15/h4-7,12,14H,8-11H2,1-3H3. The summed E-state index contributed by atoms with van der Waals surface area (Å²) in [4.78, 5) is 14.4. The molecule has 1 aliphatic rings. The minimum absolute atomic E-state index is 0.108. The molecule has 0 atom stereocenters.